The summed E-state index contributed by atoms with van der Waals surface area (Å²) in [4.78, 5) is 23.6. The van der Waals surface area contributed by atoms with Crippen molar-refractivity contribution in [2.75, 3.05) is 20.5 Å². The van der Waals surface area contributed by atoms with Crippen molar-refractivity contribution >= 4 is 11.8 Å². The first-order valence-corrected chi connectivity index (χ1v) is 7.33. The average Bonchev–Trinajstić information content (AvgIpc) is 2.61. The van der Waals surface area contributed by atoms with Gasteiger partial charge in [0.1, 0.15) is 11.5 Å². The summed E-state index contributed by atoms with van der Waals surface area (Å²) in [5.41, 5.74) is 0.833. The minimum atomic E-state index is -1.04. The van der Waals surface area contributed by atoms with Gasteiger partial charge in [0, 0.05) is 18.2 Å². The Bertz CT molecular complexity index is 721. The first-order chi connectivity index (χ1) is 11.6. The molecule has 1 N–H and O–H groups in total. The predicted octanol–water partition coefficient (Wildman–Crippen LogP) is 3.00. The number of carbonyl (C=O) groups excluding carboxylic acids is 1. The van der Waals surface area contributed by atoms with Gasteiger partial charge >= 0.3 is 5.97 Å². The lowest BCUT2D eigenvalue weighted by atomic mass is 10.0. The first-order valence-electron chi connectivity index (χ1n) is 7.33. The Labute approximate surface area is 139 Å². The summed E-state index contributed by atoms with van der Waals surface area (Å²) in [6.45, 7) is 2.34. The molecule has 126 valence electrons. The number of rotatable bonds is 8. The normalized spacial score (nSPS) is 10.2. The molecule has 0 aliphatic heterocycles. The number of carbonyl (C=O) groups is 2. The van der Waals surface area contributed by atoms with Gasteiger partial charge in [-0.2, -0.15) is 0 Å². The van der Waals surface area contributed by atoms with Gasteiger partial charge in [0.2, 0.25) is 0 Å². The Morgan fingerprint density at radius 2 is 1.71 bits per heavy atom. The minimum Gasteiger partial charge on any atom is -0.497 e. The summed E-state index contributed by atoms with van der Waals surface area (Å²) in [6.07, 6.45) is 0. The second kappa shape index (κ2) is 8.12. The van der Waals surface area contributed by atoms with E-state index in [-0.39, 0.29) is 18.1 Å². The van der Waals surface area contributed by atoms with Crippen molar-refractivity contribution in [3.05, 3.63) is 59.2 Å². The number of ketones is 1. The van der Waals surface area contributed by atoms with Gasteiger partial charge in [-0.05, 0) is 31.2 Å². The number of methoxy groups -OCH3 is 1. The van der Waals surface area contributed by atoms with Crippen LogP contribution >= 0.6 is 0 Å². The van der Waals surface area contributed by atoms with Crippen LogP contribution in [-0.2, 0) is 4.74 Å². The van der Waals surface area contributed by atoms with E-state index in [4.69, 9.17) is 19.3 Å². The fraction of sp³-hybridized carbons (Fsp3) is 0.222. The third-order valence-corrected chi connectivity index (χ3v) is 3.33. The second-order valence-electron chi connectivity index (χ2n) is 4.83. The summed E-state index contributed by atoms with van der Waals surface area (Å²) in [5.74, 6) is -0.422. The molecule has 0 unspecified atom stereocenters. The molecule has 24 heavy (non-hydrogen) atoms. The summed E-state index contributed by atoms with van der Waals surface area (Å²) in [7, 11) is 1.52. The van der Waals surface area contributed by atoms with E-state index in [1.54, 1.807) is 18.2 Å². The van der Waals surface area contributed by atoms with Crippen LogP contribution in [0.1, 0.15) is 33.2 Å². The van der Waals surface area contributed by atoms with Crippen LogP contribution in [0.5, 0.6) is 11.5 Å². The number of hydrogen-bond acceptors (Lipinski definition) is 5. The molecule has 0 amide bonds. The average molecular weight is 330 g/mol. The monoisotopic (exact) mass is 330 g/mol. The molecule has 0 aromatic heterocycles. The fourth-order valence-corrected chi connectivity index (χ4v) is 2.04. The molecule has 0 fully saturated rings. The molecule has 6 heteroatoms. The lowest BCUT2D eigenvalue weighted by molar-refractivity contribution is 0.0218. The van der Waals surface area contributed by atoms with Gasteiger partial charge < -0.3 is 19.3 Å². The molecule has 0 heterocycles. The second-order valence-corrected chi connectivity index (χ2v) is 4.83. The van der Waals surface area contributed by atoms with Crippen molar-refractivity contribution in [3.8, 4) is 11.5 Å². The van der Waals surface area contributed by atoms with Gasteiger partial charge in [0.05, 0.1) is 18.2 Å². The molecule has 2 rings (SSSR count). The number of benzene rings is 2. The van der Waals surface area contributed by atoms with E-state index >= 15 is 0 Å². The molecule has 0 spiro atoms. The quantitative estimate of drug-likeness (QED) is 0.455. The van der Waals surface area contributed by atoms with Gasteiger partial charge in [-0.25, -0.2) is 4.79 Å². The van der Waals surface area contributed by atoms with E-state index in [2.05, 4.69) is 0 Å². The Morgan fingerprint density at radius 3 is 2.29 bits per heavy atom. The Kier molecular flexibility index (Phi) is 5.92. The standard InChI is InChI=1S/C18H18O6/c1-3-23-11-24-16-10-14(22-2)8-9-15(16)17(19)12-4-6-13(7-5-12)18(20)21/h4-10H,3,11H2,1-2H3,(H,20,21). The number of carboxylic acids is 1. The third kappa shape index (κ3) is 4.11. The van der Waals surface area contributed by atoms with Crippen LogP contribution < -0.4 is 9.47 Å². The van der Waals surface area contributed by atoms with Crippen LogP contribution in [0.25, 0.3) is 0 Å². The molecule has 0 saturated heterocycles. The Hall–Kier alpha value is -2.86. The SMILES string of the molecule is CCOCOc1cc(OC)ccc1C(=O)c1ccc(C(=O)O)cc1. The zero-order valence-corrected chi connectivity index (χ0v) is 13.4. The van der Waals surface area contributed by atoms with E-state index in [0.717, 1.165) is 0 Å². The van der Waals surface area contributed by atoms with Crippen LogP contribution in [0, 0.1) is 0 Å². The van der Waals surface area contributed by atoms with Crippen molar-refractivity contribution < 1.29 is 28.9 Å². The van der Waals surface area contributed by atoms with Crippen LogP contribution in [0.15, 0.2) is 42.5 Å². The van der Waals surface area contributed by atoms with E-state index in [1.807, 2.05) is 6.92 Å². The van der Waals surface area contributed by atoms with E-state index < -0.39 is 5.97 Å². The molecule has 2 aromatic carbocycles. The third-order valence-electron chi connectivity index (χ3n) is 3.33. The number of carboxylic acid groups (broad SMARTS) is 1. The van der Waals surface area contributed by atoms with E-state index in [9.17, 15) is 9.59 Å². The fourth-order valence-electron chi connectivity index (χ4n) is 2.04. The van der Waals surface area contributed by atoms with Gasteiger partial charge in [-0.15, -0.1) is 0 Å². The van der Waals surface area contributed by atoms with Gasteiger partial charge in [0.15, 0.2) is 12.6 Å². The Balaban J connectivity index is 2.31. The number of ether oxygens (including phenoxy) is 3. The molecule has 0 aliphatic carbocycles. The van der Waals surface area contributed by atoms with Gasteiger partial charge in [-0.3, -0.25) is 4.79 Å². The molecular weight excluding hydrogens is 312 g/mol. The van der Waals surface area contributed by atoms with Crippen molar-refractivity contribution in [2.24, 2.45) is 0 Å². The number of aromatic carboxylic acids is 1. The van der Waals surface area contributed by atoms with E-state index in [1.165, 1.54) is 31.4 Å². The van der Waals surface area contributed by atoms with Crippen molar-refractivity contribution in [1.82, 2.24) is 0 Å². The summed E-state index contributed by atoms with van der Waals surface area (Å²) in [5, 5.41) is 8.92. The van der Waals surface area contributed by atoms with Gasteiger partial charge in [-0.1, -0.05) is 12.1 Å². The highest BCUT2D eigenvalue weighted by Crippen LogP contribution is 2.27. The molecule has 2 aromatic rings. The largest absolute Gasteiger partial charge is 0.497 e. The topological polar surface area (TPSA) is 82.1 Å². The van der Waals surface area contributed by atoms with Crippen molar-refractivity contribution in [1.29, 1.82) is 0 Å². The highest BCUT2D eigenvalue weighted by atomic mass is 16.7. The zero-order valence-electron chi connectivity index (χ0n) is 13.4. The molecule has 0 aliphatic rings. The van der Waals surface area contributed by atoms with Crippen molar-refractivity contribution in [3.63, 3.8) is 0 Å². The molecule has 6 nitrogen and oxygen atoms in total. The maximum Gasteiger partial charge on any atom is 0.335 e. The Morgan fingerprint density at radius 1 is 1.04 bits per heavy atom. The lowest BCUT2D eigenvalue weighted by Gasteiger charge is -2.12. The summed E-state index contributed by atoms with van der Waals surface area (Å²) >= 11 is 0. The summed E-state index contributed by atoms with van der Waals surface area (Å²) < 4.78 is 15.8. The maximum atomic E-state index is 12.7. The van der Waals surface area contributed by atoms with E-state index in [0.29, 0.717) is 29.2 Å². The first kappa shape index (κ1) is 17.5. The molecule has 0 atom stereocenters. The van der Waals surface area contributed by atoms with Crippen LogP contribution in [0.3, 0.4) is 0 Å². The molecule has 0 bridgehead atoms. The van der Waals surface area contributed by atoms with Crippen LogP contribution in [-0.4, -0.2) is 37.4 Å². The zero-order chi connectivity index (χ0) is 17.5. The highest BCUT2D eigenvalue weighted by molar-refractivity contribution is 6.11. The molecular formula is C18H18O6. The van der Waals surface area contributed by atoms with Crippen LogP contribution in [0.4, 0.5) is 0 Å². The smallest absolute Gasteiger partial charge is 0.335 e. The van der Waals surface area contributed by atoms with Crippen LogP contribution in [0.2, 0.25) is 0 Å². The lowest BCUT2D eigenvalue weighted by Crippen LogP contribution is -2.09. The molecule has 0 radical (unpaired) electrons. The van der Waals surface area contributed by atoms with Gasteiger partial charge in [0.25, 0.3) is 0 Å². The van der Waals surface area contributed by atoms with Crippen molar-refractivity contribution in [2.45, 2.75) is 6.92 Å². The summed E-state index contributed by atoms with van der Waals surface area (Å²) in [6, 6.07) is 10.6. The molecule has 0 saturated carbocycles. The predicted molar refractivity (Wildman–Crippen MR) is 86.9 cm³/mol. The minimum absolute atomic E-state index is 0.0158. The number of hydrogen-bond donors (Lipinski definition) is 1. The highest BCUT2D eigenvalue weighted by Gasteiger charge is 2.16. The maximum absolute atomic E-state index is 12.7.